The molecule has 5 heteroatoms. The molecule has 0 amide bonds. The first-order valence-corrected chi connectivity index (χ1v) is 8.35. The fraction of sp³-hybridized carbons (Fsp3) is 0.562. The molecular formula is C16H22ClFN2S. The Hall–Kier alpha value is -0.870. The zero-order valence-corrected chi connectivity index (χ0v) is 14.2. The lowest BCUT2D eigenvalue weighted by molar-refractivity contribution is 0.507. The van der Waals surface area contributed by atoms with Gasteiger partial charge in [0.1, 0.15) is 5.82 Å². The first-order chi connectivity index (χ1) is 9.99. The van der Waals surface area contributed by atoms with Crippen molar-refractivity contribution in [3.8, 4) is 0 Å². The molecule has 0 fully saturated rings. The highest BCUT2D eigenvalue weighted by Crippen LogP contribution is 2.23. The molecule has 1 aromatic carbocycles. The molecule has 21 heavy (non-hydrogen) atoms. The largest absolute Gasteiger partial charge is 0.331 e. The summed E-state index contributed by atoms with van der Waals surface area (Å²) < 4.78 is 16.2. The molecule has 1 N–H and O–H groups in total. The van der Waals surface area contributed by atoms with Crippen LogP contribution >= 0.6 is 23.8 Å². The highest BCUT2D eigenvalue weighted by Gasteiger charge is 2.08. The van der Waals surface area contributed by atoms with Gasteiger partial charge >= 0.3 is 0 Å². The number of hydrogen-bond donors (Lipinski definition) is 1. The van der Waals surface area contributed by atoms with Crippen LogP contribution in [0.4, 0.5) is 4.39 Å². The first kappa shape index (κ1) is 16.5. The highest BCUT2D eigenvalue weighted by atomic mass is 35.5. The average Bonchev–Trinajstić information content (AvgIpc) is 2.70. The van der Waals surface area contributed by atoms with E-state index in [4.69, 9.17) is 23.8 Å². The van der Waals surface area contributed by atoms with Gasteiger partial charge in [0.15, 0.2) is 4.77 Å². The summed E-state index contributed by atoms with van der Waals surface area (Å²) in [5.74, 6) is 0.379. The van der Waals surface area contributed by atoms with Crippen LogP contribution in [0.1, 0.15) is 46.0 Å². The van der Waals surface area contributed by atoms with Crippen molar-refractivity contribution in [3.63, 3.8) is 0 Å². The SMILES string of the molecule is CC(C)CCCCCCn1c(=S)[nH]c2cc(Cl)c(F)cc21. The first-order valence-electron chi connectivity index (χ1n) is 7.56. The zero-order chi connectivity index (χ0) is 15.4. The van der Waals surface area contributed by atoms with Crippen molar-refractivity contribution in [2.75, 3.05) is 0 Å². The van der Waals surface area contributed by atoms with Gasteiger partial charge in [-0.3, -0.25) is 0 Å². The predicted molar refractivity (Wildman–Crippen MR) is 90.0 cm³/mol. The van der Waals surface area contributed by atoms with Gasteiger partial charge in [-0.25, -0.2) is 4.39 Å². The Bertz CT molecular complexity index is 660. The Kier molecular flexibility index (Phi) is 5.82. The number of unbranched alkanes of at least 4 members (excludes halogenated alkanes) is 3. The van der Waals surface area contributed by atoms with Crippen molar-refractivity contribution in [2.24, 2.45) is 5.92 Å². The third-order valence-corrected chi connectivity index (χ3v) is 4.34. The second-order valence-corrected chi connectivity index (χ2v) is 6.76. The minimum atomic E-state index is -0.399. The van der Waals surface area contributed by atoms with Crippen LogP contribution in [0.5, 0.6) is 0 Å². The summed E-state index contributed by atoms with van der Waals surface area (Å²) in [6.45, 7) is 5.33. The summed E-state index contributed by atoms with van der Waals surface area (Å²) in [5.41, 5.74) is 1.59. The summed E-state index contributed by atoms with van der Waals surface area (Å²) in [6.07, 6.45) is 6.05. The number of fused-ring (bicyclic) bond motifs is 1. The number of aromatic amines is 1. The van der Waals surface area contributed by atoms with E-state index in [9.17, 15) is 4.39 Å². The molecule has 0 aliphatic rings. The maximum atomic E-state index is 13.6. The maximum absolute atomic E-state index is 13.6. The van der Waals surface area contributed by atoms with Gasteiger partial charge in [0.25, 0.3) is 0 Å². The van der Waals surface area contributed by atoms with Crippen LogP contribution in [0.25, 0.3) is 11.0 Å². The molecular weight excluding hydrogens is 307 g/mol. The Labute approximate surface area is 135 Å². The summed E-state index contributed by atoms with van der Waals surface area (Å²) in [6, 6.07) is 3.06. The number of benzene rings is 1. The monoisotopic (exact) mass is 328 g/mol. The fourth-order valence-electron chi connectivity index (χ4n) is 2.55. The lowest BCUT2D eigenvalue weighted by Crippen LogP contribution is -1.98. The zero-order valence-electron chi connectivity index (χ0n) is 12.6. The fourth-order valence-corrected chi connectivity index (χ4v) is 3.01. The van der Waals surface area contributed by atoms with Crippen molar-refractivity contribution < 1.29 is 4.39 Å². The number of nitrogens with one attached hydrogen (secondary N) is 1. The molecule has 0 radical (unpaired) electrons. The minimum Gasteiger partial charge on any atom is -0.331 e. The Morgan fingerprint density at radius 1 is 1.24 bits per heavy atom. The smallest absolute Gasteiger partial charge is 0.178 e. The third kappa shape index (κ3) is 4.30. The van der Waals surface area contributed by atoms with Gasteiger partial charge in [-0.05, 0) is 30.6 Å². The number of nitrogens with zero attached hydrogens (tertiary/aromatic N) is 1. The van der Waals surface area contributed by atoms with E-state index >= 15 is 0 Å². The van der Waals surface area contributed by atoms with E-state index in [0.717, 1.165) is 29.9 Å². The molecule has 0 aliphatic heterocycles. The Morgan fingerprint density at radius 2 is 1.95 bits per heavy atom. The van der Waals surface area contributed by atoms with Crippen LogP contribution in [0, 0.1) is 16.5 Å². The van der Waals surface area contributed by atoms with E-state index < -0.39 is 5.82 Å². The molecule has 0 atom stereocenters. The molecule has 2 nitrogen and oxygen atoms in total. The Balaban J connectivity index is 1.97. The van der Waals surface area contributed by atoms with Gasteiger partial charge in [0.05, 0.1) is 16.1 Å². The molecule has 0 spiro atoms. The predicted octanol–water partition coefficient (Wildman–Crippen LogP) is 6.10. The van der Waals surface area contributed by atoms with E-state index in [1.807, 2.05) is 4.57 Å². The third-order valence-electron chi connectivity index (χ3n) is 3.73. The molecule has 2 rings (SSSR count). The molecule has 1 aromatic heterocycles. The standard InChI is InChI=1S/C16H22ClFN2S/c1-11(2)7-5-3-4-6-8-20-15-10-13(18)12(17)9-14(15)19-16(20)21/h9-11H,3-8H2,1-2H3,(H,19,21). The summed E-state index contributed by atoms with van der Waals surface area (Å²) >= 11 is 11.1. The average molecular weight is 329 g/mol. The molecule has 0 unspecified atom stereocenters. The van der Waals surface area contributed by atoms with Crippen LogP contribution in [0.15, 0.2) is 12.1 Å². The number of aryl methyl sites for hydroxylation is 1. The number of aromatic nitrogens is 2. The molecule has 0 saturated heterocycles. The quantitative estimate of drug-likeness (QED) is 0.481. The molecule has 2 aromatic rings. The van der Waals surface area contributed by atoms with Crippen LogP contribution in [-0.2, 0) is 6.54 Å². The van der Waals surface area contributed by atoms with Crippen LogP contribution in [0.2, 0.25) is 5.02 Å². The van der Waals surface area contributed by atoms with Gasteiger partial charge in [-0.2, -0.15) is 0 Å². The van der Waals surface area contributed by atoms with Crippen molar-refractivity contribution in [2.45, 2.75) is 52.5 Å². The van der Waals surface area contributed by atoms with E-state index in [2.05, 4.69) is 18.8 Å². The van der Waals surface area contributed by atoms with Crippen molar-refractivity contribution in [1.29, 1.82) is 0 Å². The van der Waals surface area contributed by atoms with Gasteiger partial charge in [0, 0.05) is 12.6 Å². The van der Waals surface area contributed by atoms with Gasteiger partial charge in [-0.15, -0.1) is 0 Å². The second kappa shape index (κ2) is 7.41. The number of imidazole rings is 1. The molecule has 116 valence electrons. The van der Waals surface area contributed by atoms with Crippen molar-refractivity contribution >= 4 is 34.9 Å². The lowest BCUT2D eigenvalue weighted by Gasteiger charge is -2.06. The van der Waals surface area contributed by atoms with Gasteiger partial charge < -0.3 is 9.55 Å². The summed E-state index contributed by atoms with van der Waals surface area (Å²) in [4.78, 5) is 3.09. The molecule has 0 bridgehead atoms. The van der Waals surface area contributed by atoms with E-state index in [1.54, 1.807) is 6.07 Å². The van der Waals surface area contributed by atoms with E-state index in [-0.39, 0.29) is 5.02 Å². The normalized spacial score (nSPS) is 11.7. The number of halogens is 2. The van der Waals surface area contributed by atoms with Crippen molar-refractivity contribution in [1.82, 2.24) is 9.55 Å². The van der Waals surface area contributed by atoms with Gasteiger partial charge in [-0.1, -0.05) is 51.1 Å². The number of H-pyrrole nitrogens is 1. The second-order valence-electron chi connectivity index (χ2n) is 5.96. The minimum absolute atomic E-state index is 0.125. The Morgan fingerprint density at radius 3 is 2.67 bits per heavy atom. The maximum Gasteiger partial charge on any atom is 0.178 e. The van der Waals surface area contributed by atoms with Crippen LogP contribution < -0.4 is 0 Å². The number of hydrogen-bond acceptors (Lipinski definition) is 1. The highest BCUT2D eigenvalue weighted by molar-refractivity contribution is 7.71. The molecule has 0 saturated carbocycles. The molecule has 0 aliphatic carbocycles. The summed E-state index contributed by atoms with van der Waals surface area (Å²) in [5, 5.41) is 0.125. The van der Waals surface area contributed by atoms with Crippen LogP contribution in [0.3, 0.4) is 0 Å². The van der Waals surface area contributed by atoms with Crippen LogP contribution in [-0.4, -0.2) is 9.55 Å². The van der Waals surface area contributed by atoms with E-state index in [0.29, 0.717) is 4.77 Å². The summed E-state index contributed by atoms with van der Waals surface area (Å²) in [7, 11) is 0. The lowest BCUT2D eigenvalue weighted by atomic mass is 10.0. The topological polar surface area (TPSA) is 20.7 Å². The van der Waals surface area contributed by atoms with E-state index in [1.165, 1.54) is 31.7 Å². The molecule has 1 heterocycles. The van der Waals surface area contributed by atoms with Gasteiger partial charge in [0.2, 0.25) is 0 Å². The number of rotatable bonds is 7. The van der Waals surface area contributed by atoms with Crippen molar-refractivity contribution in [3.05, 3.63) is 27.7 Å².